The van der Waals surface area contributed by atoms with Gasteiger partial charge in [-0.05, 0) is 56.3 Å². The fourth-order valence-electron chi connectivity index (χ4n) is 5.08. The lowest BCUT2D eigenvalue weighted by molar-refractivity contribution is -0.117. The van der Waals surface area contributed by atoms with Crippen LogP contribution < -0.4 is 10.6 Å². The fraction of sp³-hybridized carbons (Fsp3) is 0.481. The van der Waals surface area contributed by atoms with Crippen LogP contribution in [0.5, 0.6) is 0 Å². The van der Waals surface area contributed by atoms with Gasteiger partial charge in [0.1, 0.15) is 28.2 Å². The zero-order valence-electron chi connectivity index (χ0n) is 21.0. The molecule has 0 spiro atoms. The molecule has 0 radical (unpaired) electrons. The standard InChI is InChI=1S/C26H30N6OS.CH4O/c1-2-20-21(16-27)25(32-14-10-19(11-15-32)31-12-6-7-13-31)30-26(22(20)17-28)34-23(24(29)33)18-8-4-3-5-9-18;1-2/h3-5,8-9,19,23H,2,6-7,10-15H2,1H3,(H2,29,33);2H,1H3. The highest BCUT2D eigenvalue weighted by Crippen LogP contribution is 2.40. The van der Waals surface area contributed by atoms with Gasteiger partial charge in [0.05, 0.1) is 11.1 Å². The van der Waals surface area contributed by atoms with Crippen molar-refractivity contribution in [3.8, 4) is 12.1 Å². The number of piperidine rings is 1. The maximum atomic E-state index is 12.4. The second-order valence-electron chi connectivity index (χ2n) is 8.82. The number of carbonyl (C=O) groups is 1. The normalized spacial score (nSPS) is 17.0. The number of anilines is 1. The molecule has 8 nitrogen and oxygen atoms in total. The topological polar surface area (TPSA) is 130 Å². The minimum atomic E-state index is -0.674. The number of hydrogen-bond acceptors (Lipinski definition) is 8. The molecular weight excluding hydrogens is 472 g/mol. The molecule has 36 heavy (non-hydrogen) atoms. The first-order valence-electron chi connectivity index (χ1n) is 12.4. The van der Waals surface area contributed by atoms with Crippen LogP contribution in [0.3, 0.4) is 0 Å². The van der Waals surface area contributed by atoms with E-state index < -0.39 is 11.2 Å². The Balaban J connectivity index is 0.00000176. The van der Waals surface area contributed by atoms with Crippen molar-refractivity contribution in [3.63, 3.8) is 0 Å². The number of amides is 1. The van der Waals surface area contributed by atoms with Crippen molar-refractivity contribution in [2.24, 2.45) is 5.73 Å². The minimum Gasteiger partial charge on any atom is -0.400 e. The van der Waals surface area contributed by atoms with Crippen LogP contribution >= 0.6 is 11.8 Å². The third-order valence-electron chi connectivity index (χ3n) is 6.84. The summed E-state index contributed by atoms with van der Waals surface area (Å²) in [6, 6.07) is 14.4. The summed E-state index contributed by atoms with van der Waals surface area (Å²) in [7, 11) is 1.00. The maximum Gasteiger partial charge on any atom is 0.235 e. The largest absolute Gasteiger partial charge is 0.400 e. The number of thioether (sulfide) groups is 1. The van der Waals surface area contributed by atoms with Gasteiger partial charge in [0.15, 0.2) is 0 Å². The average molecular weight is 507 g/mol. The molecular formula is C27H34N6O2S. The molecule has 1 aromatic carbocycles. The van der Waals surface area contributed by atoms with Gasteiger partial charge in [-0.1, -0.05) is 49.0 Å². The molecule has 3 N–H and O–H groups in total. The molecule has 2 aliphatic heterocycles. The molecule has 0 bridgehead atoms. The van der Waals surface area contributed by atoms with E-state index in [0.717, 1.165) is 38.6 Å². The van der Waals surface area contributed by atoms with Crippen molar-refractivity contribution in [1.29, 1.82) is 10.5 Å². The number of nitriles is 2. The van der Waals surface area contributed by atoms with Gasteiger partial charge >= 0.3 is 0 Å². The van der Waals surface area contributed by atoms with Crippen LogP contribution in [0.4, 0.5) is 5.82 Å². The minimum absolute atomic E-state index is 0.363. The number of rotatable bonds is 7. The molecule has 2 aliphatic rings. The Morgan fingerprint density at radius 3 is 2.25 bits per heavy atom. The number of nitrogens with zero attached hydrogens (tertiary/aromatic N) is 5. The monoisotopic (exact) mass is 506 g/mol. The van der Waals surface area contributed by atoms with Gasteiger partial charge in [0, 0.05) is 26.2 Å². The molecule has 1 aromatic heterocycles. The Bertz CT molecular complexity index is 1110. The van der Waals surface area contributed by atoms with Crippen LogP contribution in [0.1, 0.15) is 60.1 Å². The van der Waals surface area contributed by atoms with Crippen molar-refractivity contribution >= 4 is 23.5 Å². The lowest BCUT2D eigenvalue weighted by atomic mass is 9.99. The van der Waals surface area contributed by atoms with Crippen molar-refractivity contribution in [3.05, 3.63) is 52.6 Å². The van der Waals surface area contributed by atoms with E-state index in [1.54, 1.807) is 0 Å². The second kappa shape index (κ2) is 13.3. The maximum absolute atomic E-state index is 12.4. The van der Waals surface area contributed by atoms with Crippen LogP contribution in [0.15, 0.2) is 35.4 Å². The van der Waals surface area contributed by atoms with Crippen molar-refractivity contribution in [2.45, 2.75) is 55.3 Å². The number of benzene rings is 1. The summed E-state index contributed by atoms with van der Waals surface area (Å²) in [5.74, 6) is 0.134. The van der Waals surface area contributed by atoms with Crippen molar-refractivity contribution in [1.82, 2.24) is 9.88 Å². The van der Waals surface area contributed by atoms with E-state index in [1.807, 2.05) is 37.3 Å². The van der Waals surface area contributed by atoms with Crippen LogP contribution in [-0.4, -0.2) is 60.2 Å². The van der Waals surface area contributed by atoms with Gasteiger partial charge in [-0.2, -0.15) is 10.5 Å². The number of aliphatic hydroxyl groups is 1. The summed E-state index contributed by atoms with van der Waals surface area (Å²) in [5.41, 5.74) is 8.04. The van der Waals surface area contributed by atoms with Gasteiger partial charge < -0.3 is 20.6 Å². The van der Waals surface area contributed by atoms with E-state index in [0.29, 0.717) is 40.0 Å². The molecule has 2 saturated heterocycles. The van der Waals surface area contributed by atoms with Crippen LogP contribution in [0.2, 0.25) is 0 Å². The first-order valence-corrected chi connectivity index (χ1v) is 13.3. The van der Waals surface area contributed by atoms with Crippen molar-refractivity contribution in [2.75, 3.05) is 38.2 Å². The van der Waals surface area contributed by atoms with Crippen LogP contribution in [0.25, 0.3) is 0 Å². The van der Waals surface area contributed by atoms with Crippen LogP contribution in [-0.2, 0) is 11.2 Å². The molecule has 1 unspecified atom stereocenters. The van der Waals surface area contributed by atoms with E-state index in [-0.39, 0.29) is 0 Å². The number of pyridine rings is 1. The third kappa shape index (κ3) is 5.99. The van der Waals surface area contributed by atoms with Gasteiger partial charge in [0.25, 0.3) is 0 Å². The quantitative estimate of drug-likeness (QED) is 0.547. The number of likely N-dealkylation sites (tertiary alicyclic amines) is 1. The molecule has 190 valence electrons. The first-order chi connectivity index (χ1) is 17.6. The molecule has 0 aliphatic carbocycles. The number of aliphatic hydroxyl groups excluding tert-OH is 1. The predicted octanol–water partition coefficient (Wildman–Crippen LogP) is 3.38. The fourth-order valence-corrected chi connectivity index (χ4v) is 6.14. The van der Waals surface area contributed by atoms with Gasteiger partial charge in [-0.15, -0.1) is 0 Å². The Morgan fingerprint density at radius 1 is 1.11 bits per heavy atom. The van der Waals surface area contributed by atoms with E-state index in [4.69, 9.17) is 15.8 Å². The summed E-state index contributed by atoms with van der Waals surface area (Å²) in [6.45, 7) is 5.94. The summed E-state index contributed by atoms with van der Waals surface area (Å²) in [5, 5.41) is 26.8. The molecule has 1 atom stereocenters. The second-order valence-corrected chi connectivity index (χ2v) is 9.91. The lowest BCUT2D eigenvalue weighted by Crippen LogP contribution is -2.44. The summed E-state index contributed by atoms with van der Waals surface area (Å²) in [6.07, 6.45) is 5.15. The molecule has 9 heteroatoms. The highest BCUT2D eigenvalue weighted by molar-refractivity contribution is 8.00. The average Bonchev–Trinajstić information content (AvgIpc) is 3.47. The lowest BCUT2D eigenvalue weighted by Gasteiger charge is -2.37. The van der Waals surface area contributed by atoms with E-state index >= 15 is 0 Å². The highest BCUT2D eigenvalue weighted by Gasteiger charge is 2.31. The Morgan fingerprint density at radius 2 is 1.72 bits per heavy atom. The van der Waals surface area contributed by atoms with Gasteiger partial charge in [-0.3, -0.25) is 4.79 Å². The smallest absolute Gasteiger partial charge is 0.235 e. The molecule has 2 aromatic rings. The number of nitrogens with two attached hydrogens (primary N) is 1. The third-order valence-corrected chi connectivity index (χ3v) is 8.10. The summed E-state index contributed by atoms with van der Waals surface area (Å²) in [4.78, 5) is 22.0. The SMILES string of the molecule is CCc1c(C#N)c(SC(C(N)=O)c2ccccc2)nc(N2CCC(N3CCCC3)CC2)c1C#N.CO. The first kappa shape index (κ1) is 27.5. The Kier molecular flexibility index (Phi) is 10.1. The Labute approximate surface area is 217 Å². The van der Waals surface area contributed by atoms with E-state index in [1.165, 1.54) is 37.7 Å². The predicted molar refractivity (Wildman–Crippen MR) is 141 cm³/mol. The summed E-state index contributed by atoms with van der Waals surface area (Å²) >= 11 is 1.20. The number of aromatic nitrogens is 1. The number of hydrogen-bond donors (Lipinski definition) is 2. The Hall–Kier alpha value is -3.11. The van der Waals surface area contributed by atoms with E-state index in [2.05, 4.69) is 21.9 Å². The molecule has 3 heterocycles. The molecule has 2 fully saturated rings. The molecule has 1 amide bonds. The van der Waals surface area contributed by atoms with Gasteiger partial charge in [0.2, 0.25) is 5.91 Å². The van der Waals surface area contributed by atoms with Gasteiger partial charge in [-0.25, -0.2) is 4.98 Å². The highest BCUT2D eigenvalue weighted by atomic mass is 32.2. The van der Waals surface area contributed by atoms with Crippen molar-refractivity contribution < 1.29 is 9.90 Å². The number of carbonyl (C=O) groups excluding carboxylic acids is 1. The zero-order chi connectivity index (χ0) is 26.1. The number of primary amides is 1. The molecule has 4 rings (SSSR count). The molecule has 0 saturated carbocycles. The zero-order valence-corrected chi connectivity index (χ0v) is 21.8. The summed E-state index contributed by atoms with van der Waals surface area (Å²) < 4.78 is 0. The van der Waals surface area contributed by atoms with Crippen LogP contribution in [0, 0.1) is 22.7 Å². The van der Waals surface area contributed by atoms with E-state index in [9.17, 15) is 15.3 Å².